The Morgan fingerprint density at radius 2 is 1.45 bits per heavy atom. The van der Waals surface area contributed by atoms with Crippen molar-refractivity contribution in [2.45, 2.75) is 162 Å². The predicted molar refractivity (Wildman–Crippen MR) is 169 cm³/mol. The Labute approximate surface area is 256 Å². The molecule has 0 saturated carbocycles. The lowest BCUT2D eigenvalue weighted by Gasteiger charge is -2.44. The van der Waals surface area contributed by atoms with E-state index in [9.17, 15) is 14.4 Å². The van der Waals surface area contributed by atoms with E-state index in [1.54, 1.807) is 13.8 Å². The molecule has 42 heavy (non-hydrogen) atoms. The van der Waals surface area contributed by atoms with E-state index in [0.717, 1.165) is 25.7 Å². The lowest BCUT2D eigenvalue weighted by molar-refractivity contribution is -0.304. The van der Waals surface area contributed by atoms with Crippen molar-refractivity contribution >= 4 is 17.8 Å². The fourth-order valence-electron chi connectivity index (χ4n) is 4.89. The second-order valence-electron chi connectivity index (χ2n) is 12.9. The quantitative estimate of drug-likeness (QED) is 0.0740. The Balaban J connectivity index is 2.08. The highest BCUT2D eigenvalue weighted by atomic mass is 16.7. The molecular formula is C34H62N2O6. The van der Waals surface area contributed by atoms with Gasteiger partial charge in [-0.3, -0.25) is 14.4 Å². The third-order valence-electron chi connectivity index (χ3n) is 7.74. The molecule has 2 amide bonds. The normalized spacial score (nSPS) is 18.5. The van der Waals surface area contributed by atoms with Crippen LogP contribution in [0.1, 0.15) is 144 Å². The van der Waals surface area contributed by atoms with Crippen molar-refractivity contribution in [1.82, 2.24) is 10.6 Å². The molecule has 1 unspecified atom stereocenters. The average molecular weight is 595 g/mol. The first-order valence-corrected chi connectivity index (χ1v) is 16.7. The minimum atomic E-state index is -0.833. The summed E-state index contributed by atoms with van der Waals surface area (Å²) >= 11 is 0. The number of allylic oxidation sites excluding steroid dienone is 2. The zero-order chi connectivity index (χ0) is 31.3. The summed E-state index contributed by atoms with van der Waals surface area (Å²) in [6.07, 6.45) is 21.2. The molecule has 1 aliphatic heterocycles. The standard InChI is InChI=1S/C34H62N2O6/c1-7-9-10-11-12-13-14-15-16-17-18-19-20-21-22-23-29(37)36-28(8-2)26-40-30(38)24-25-35-32(39)31-33(3,4)27-41-34(5,6)42-31/h15-16,28,31H,7-14,17-27H2,1-6H3,(H,35,39)(H,36,37)/t28-,31?/m0/s1. The van der Waals surface area contributed by atoms with Gasteiger partial charge in [-0.15, -0.1) is 0 Å². The number of hydrogen-bond acceptors (Lipinski definition) is 6. The summed E-state index contributed by atoms with van der Waals surface area (Å²) in [7, 11) is 0. The number of carbonyl (C=O) groups is 3. The summed E-state index contributed by atoms with van der Waals surface area (Å²) in [5.41, 5.74) is -0.476. The topological polar surface area (TPSA) is 103 Å². The molecule has 0 aromatic rings. The minimum Gasteiger partial charge on any atom is -0.463 e. The minimum absolute atomic E-state index is 0.00444. The summed E-state index contributed by atoms with van der Waals surface area (Å²) in [5.74, 6) is -1.50. The summed E-state index contributed by atoms with van der Waals surface area (Å²) in [5, 5.41) is 5.76. The van der Waals surface area contributed by atoms with Crippen molar-refractivity contribution in [3.05, 3.63) is 12.2 Å². The molecule has 0 bridgehead atoms. The first-order valence-electron chi connectivity index (χ1n) is 16.7. The SMILES string of the molecule is CCCCCCCCC=CCCCCCCCC(=O)N[C@@H](CC)COC(=O)CCNC(=O)C1OC(C)(C)OCC1(C)C. The number of esters is 1. The van der Waals surface area contributed by atoms with Crippen LogP contribution < -0.4 is 10.6 Å². The van der Waals surface area contributed by atoms with Crippen molar-refractivity contribution in [1.29, 1.82) is 0 Å². The maximum atomic E-state index is 12.7. The van der Waals surface area contributed by atoms with Crippen LogP contribution in [0.15, 0.2) is 12.2 Å². The van der Waals surface area contributed by atoms with Crippen LogP contribution in [0.5, 0.6) is 0 Å². The molecular weight excluding hydrogens is 532 g/mol. The molecule has 0 aromatic heterocycles. The maximum absolute atomic E-state index is 12.7. The zero-order valence-electron chi connectivity index (χ0n) is 27.7. The largest absolute Gasteiger partial charge is 0.463 e. The second-order valence-corrected chi connectivity index (χ2v) is 12.9. The van der Waals surface area contributed by atoms with E-state index in [4.69, 9.17) is 14.2 Å². The molecule has 0 radical (unpaired) electrons. The fraction of sp³-hybridized carbons (Fsp3) is 0.853. The Morgan fingerprint density at radius 1 is 0.857 bits per heavy atom. The fourth-order valence-corrected chi connectivity index (χ4v) is 4.89. The Bertz CT molecular complexity index is 795. The summed E-state index contributed by atoms with van der Waals surface area (Å²) in [6.45, 7) is 12.3. The number of nitrogens with one attached hydrogen (secondary N) is 2. The number of ether oxygens (including phenoxy) is 3. The molecule has 2 atom stereocenters. The third kappa shape index (κ3) is 17.9. The molecule has 2 N–H and O–H groups in total. The summed E-state index contributed by atoms with van der Waals surface area (Å²) in [4.78, 5) is 37.3. The molecule has 1 rings (SSSR count). The van der Waals surface area contributed by atoms with E-state index in [1.807, 2.05) is 20.8 Å². The Morgan fingerprint density at radius 3 is 2.07 bits per heavy atom. The smallest absolute Gasteiger partial charge is 0.307 e. The van der Waals surface area contributed by atoms with Gasteiger partial charge >= 0.3 is 5.97 Å². The van der Waals surface area contributed by atoms with Gasteiger partial charge in [-0.25, -0.2) is 0 Å². The predicted octanol–water partition coefficient (Wildman–Crippen LogP) is 7.15. The molecule has 1 heterocycles. The van der Waals surface area contributed by atoms with Crippen molar-refractivity contribution in [3.63, 3.8) is 0 Å². The molecule has 1 saturated heterocycles. The molecule has 0 aliphatic carbocycles. The molecule has 244 valence electrons. The number of rotatable bonds is 23. The van der Waals surface area contributed by atoms with Gasteiger partial charge in [0.15, 0.2) is 5.79 Å². The van der Waals surface area contributed by atoms with Gasteiger partial charge in [0, 0.05) is 18.4 Å². The zero-order valence-corrected chi connectivity index (χ0v) is 27.7. The number of hydrogen-bond donors (Lipinski definition) is 2. The number of carbonyl (C=O) groups excluding carboxylic acids is 3. The van der Waals surface area contributed by atoms with Gasteiger partial charge in [0.05, 0.1) is 19.1 Å². The monoisotopic (exact) mass is 594 g/mol. The summed E-state index contributed by atoms with van der Waals surface area (Å²) in [6, 6.07) is -0.210. The van der Waals surface area contributed by atoms with Gasteiger partial charge in [-0.1, -0.05) is 91.2 Å². The second kappa shape index (κ2) is 21.7. The van der Waals surface area contributed by atoms with Crippen molar-refractivity contribution in [3.8, 4) is 0 Å². The van der Waals surface area contributed by atoms with Gasteiger partial charge in [0.2, 0.25) is 11.8 Å². The molecule has 1 aliphatic rings. The molecule has 8 nitrogen and oxygen atoms in total. The van der Waals surface area contributed by atoms with Gasteiger partial charge in [0.25, 0.3) is 0 Å². The van der Waals surface area contributed by atoms with E-state index in [2.05, 4.69) is 29.7 Å². The first kappa shape index (κ1) is 38.1. The van der Waals surface area contributed by atoms with E-state index < -0.39 is 23.3 Å². The average Bonchev–Trinajstić information content (AvgIpc) is 2.94. The Kier molecular flexibility index (Phi) is 19.7. The van der Waals surface area contributed by atoms with Crippen molar-refractivity contribution < 1.29 is 28.6 Å². The van der Waals surface area contributed by atoms with Crippen LogP contribution in [0.4, 0.5) is 0 Å². The van der Waals surface area contributed by atoms with Crippen molar-refractivity contribution in [2.24, 2.45) is 5.41 Å². The van der Waals surface area contributed by atoms with Gasteiger partial charge in [-0.05, 0) is 52.4 Å². The third-order valence-corrected chi connectivity index (χ3v) is 7.74. The van der Waals surface area contributed by atoms with Gasteiger partial charge in [0.1, 0.15) is 12.7 Å². The van der Waals surface area contributed by atoms with Crippen LogP contribution in [0.3, 0.4) is 0 Å². The highest BCUT2D eigenvalue weighted by Crippen LogP contribution is 2.34. The van der Waals surface area contributed by atoms with Gasteiger partial charge < -0.3 is 24.8 Å². The van der Waals surface area contributed by atoms with Crippen LogP contribution in [-0.2, 0) is 28.6 Å². The van der Waals surface area contributed by atoms with E-state index in [-0.39, 0.29) is 37.4 Å². The van der Waals surface area contributed by atoms with Crippen molar-refractivity contribution in [2.75, 3.05) is 19.8 Å². The summed E-state index contributed by atoms with van der Waals surface area (Å²) < 4.78 is 16.9. The maximum Gasteiger partial charge on any atom is 0.307 e. The van der Waals surface area contributed by atoms with E-state index >= 15 is 0 Å². The van der Waals surface area contributed by atoms with Crippen LogP contribution in [0.25, 0.3) is 0 Å². The van der Waals surface area contributed by atoms with Gasteiger partial charge in [-0.2, -0.15) is 0 Å². The van der Waals surface area contributed by atoms with Crippen LogP contribution in [0, 0.1) is 5.41 Å². The first-order chi connectivity index (χ1) is 20.0. The van der Waals surface area contributed by atoms with E-state index in [0.29, 0.717) is 19.4 Å². The van der Waals surface area contributed by atoms with Crippen LogP contribution in [-0.4, -0.2) is 55.5 Å². The molecule has 0 spiro atoms. The lowest BCUT2D eigenvalue weighted by Crippen LogP contribution is -2.56. The highest BCUT2D eigenvalue weighted by Gasteiger charge is 2.45. The number of unbranched alkanes of at least 4 members (excludes halogenated alkanes) is 11. The van der Waals surface area contributed by atoms with E-state index in [1.165, 1.54) is 57.8 Å². The van der Waals surface area contributed by atoms with Crippen LogP contribution >= 0.6 is 0 Å². The Hall–Kier alpha value is -1.93. The molecule has 0 aromatic carbocycles. The molecule has 8 heteroatoms. The molecule has 1 fully saturated rings. The highest BCUT2D eigenvalue weighted by molar-refractivity contribution is 5.82. The number of amides is 2. The lowest BCUT2D eigenvalue weighted by atomic mass is 9.85. The van der Waals surface area contributed by atoms with Crippen LogP contribution in [0.2, 0.25) is 0 Å².